The van der Waals surface area contributed by atoms with Crippen molar-refractivity contribution in [2.75, 3.05) is 7.11 Å². The van der Waals surface area contributed by atoms with Crippen LogP contribution in [0.3, 0.4) is 0 Å². The number of carboxylic acids is 1. The summed E-state index contributed by atoms with van der Waals surface area (Å²) >= 11 is 0. The lowest BCUT2D eigenvalue weighted by Crippen LogP contribution is -2.46. The maximum absolute atomic E-state index is 12.3. The number of carboxylic acid groups (broad SMARTS) is 1. The summed E-state index contributed by atoms with van der Waals surface area (Å²) in [6.07, 6.45) is 0.130. The zero-order chi connectivity index (χ0) is 18.7. The molecule has 0 spiro atoms. The van der Waals surface area contributed by atoms with Crippen LogP contribution in [0.15, 0.2) is 21.3 Å². The van der Waals surface area contributed by atoms with Crippen molar-refractivity contribution >= 4 is 22.8 Å². The fourth-order valence-corrected chi connectivity index (χ4v) is 2.69. The Bertz CT molecular complexity index is 883. The van der Waals surface area contributed by atoms with E-state index in [1.165, 1.54) is 6.92 Å². The van der Waals surface area contributed by atoms with Crippen LogP contribution < -0.4 is 20.8 Å². The lowest BCUT2D eigenvalue weighted by atomic mass is 10.00. The Morgan fingerprint density at radius 2 is 1.96 bits per heavy atom. The molecule has 1 heterocycles. The van der Waals surface area contributed by atoms with Crippen molar-refractivity contribution in [3.05, 3.63) is 39.2 Å². The molecule has 7 nitrogen and oxygen atoms in total. The molecule has 7 heteroatoms. The molecule has 1 N–H and O–H groups in total. The second kappa shape index (κ2) is 7.38. The number of rotatable bonds is 6. The average molecular weight is 346 g/mol. The zero-order valence-corrected chi connectivity index (χ0v) is 14.6. The summed E-state index contributed by atoms with van der Waals surface area (Å²) in [6, 6.07) is 2.51. The third kappa shape index (κ3) is 3.81. The van der Waals surface area contributed by atoms with Crippen LogP contribution in [0.1, 0.15) is 30.0 Å². The minimum absolute atomic E-state index is 0.0239. The predicted molar refractivity (Wildman–Crippen MR) is 89.4 cm³/mol. The van der Waals surface area contributed by atoms with Gasteiger partial charge in [0.2, 0.25) is 5.91 Å². The highest BCUT2D eigenvalue weighted by molar-refractivity contribution is 5.86. The van der Waals surface area contributed by atoms with Crippen LogP contribution in [0.25, 0.3) is 11.0 Å². The Morgan fingerprint density at radius 3 is 2.56 bits per heavy atom. The van der Waals surface area contributed by atoms with Crippen LogP contribution in [0.2, 0.25) is 0 Å². The first-order valence-corrected chi connectivity index (χ1v) is 7.86. The van der Waals surface area contributed by atoms with Gasteiger partial charge in [-0.25, -0.2) is 4.79 Å². The molecular weight excluding hydrogens is 326 g/mol. The van der Waals surface area contributed by atoms with Crippen molar-refractivity contribution in [1.82, 2.24) is 5.32 Å². The largest absolute Gasteiger partial charge is 0.548 e. The van der Waals surface area contributed by atoms with Gasteiger partial charge in [0.25, 0.3) is 0 Å². The molecule has 0 radical (unpaired) electrons. The first-order valence-electron chi connectivity index (χ1n) is 7.86. The van der Waals surface area contributed by atoms with Crippen LogP contribution in [0, 0.1) is 13.8 Å². The number of nitrogens with one attached hydrogen (secondary N) is 1. The first kappa shape index (κ1) is 18.5. The zero-order valence-electron chi connectivity index (χ0n) is 14.6. The van der Waals surface area contributed by atoms with E-state index in [-0.39, 0.29) is 12.8 Å². The monoisotopic (exact) mass is 346 g/mol. The number of aliphatic carboxylic acids is 1. The quantitative estimate of drug-likeness (QED) is 0.768. The number of ether oxygens (including phenoxy) is 1. The fourth-order valence-electron chi connectivity index (χ4n) is 2.69. The van der Waals surface area contributed by atoms with Crippen molar-refractivity contribution in [2.24, 2.45) is 0 Å². The summed E-state index contributed by atoms with van der Waals surface area (Å²) < 4.78 is 10.7. The summed E-state index contributed by atoms with van der Waals surface area (Å²) in [4.78, 5) is 34.8. The molecule has 0 fully saturated rings. The van der Waals surface area contributed by atoms with E-state index in [0.29, 0.717) is 16.9 Å². The fraction of sp³-hybridized carbons (Fsp3) is 0.389. The van der Waals surface area contributed by atoms with Crippen molar-refractivity contribution in [1.29, 1.82) is 0 Å². The highest BCUT2D eigenvalue weighted by Crippen LogP contribution is 2.29. The van der Waals surface area contributed by atoms with Gasteiger partial charge in [-0.15, -0.1) is 0 Å². The van der Waals surface area contributed by atoms with Crippen LogP contribution in [-0.4, -0.2) is 25.0 Å². The molecule has 0 aliphatic heterocycles. The number of hydrogen-bond donors (Lipinski definition) is 1. The molecule has 2 aromatic rings. The molecule has 0 aliphatic rings. The van der Waals surface area contributed by atoms with Crippen LogP contribution >= 0.6 is 0 Å². The Balaban J connectivity index is 2.29. The van der Waals surface area contributed by atoms with Gasteiger partial charge in [0.1, 0.15) is 11.3 Å². The topological polar surface area (TPSA) is 109 Å². The Kier molecular flexibility index (Phi) is 5.46. The molecule has 1 amide bonds. The number of benzene rings is 1. The lowest BCUT2D eigenvalue weighted by molar-refractivity contribution is -0.307. The van der Waals surface area contributed by atoms with Gasteiger partial charge in [-0.05, 0) is 44.9 Å². The molecule has 2 rings (SSSR count). The lowest BCUT2D eigenvalue weighted by Gasteiger charge is -2.15. The Hall–Kier alpha value is -2.83. The molecule has 0 unspecified atom stereocenters. The average Bonchev–Trinajstić information content (AvgIpc) is 2.55. The number of carbonyl (C=O) groups is 2. The SMILES string of the molecule is COc1ccc2c(C)c(CCC(=O)N[C@@H](C)C(=O)[O-])c(=O)oc2c1C. The second-order valence-electron chi connectivity index (χ2n) is 5.87. The van der Waals surface area contributed by atoms with Crippen LogP contribution in [-0.2, 0) is 16.0 Å². The molecule has 1 aromatic heterocycles. The Labute approximate surface area is 144 Å². The van der Waals surface area contributed by atoms with E-state index in [9.17, 15) is 19.5 Å². The smallest absolute Gasteiger partial charge is 0.339 e. The second-order valence-corrected chi connectivity index (χ2v) is 5.87. The highest BCUT2D eigenvalue weighted by Gasteiger charge is 2.16. The number of methoxy groups -OCH3 is 1. The molecular formula is C18H20NO6-. The standard InChI is InChI=1S/C18H21NO6/c1-9-12-5-7-14(24-4)10(2)16(12)25-18(23)13(9)6-8-15(20)19-11(3)17(21)22/h5,7,11H,6,8H2,1-4H3,(H,19,20)(H,21,22)/p-1/t11-/m0/s1. The summed E-state index contributed by atoms with van der Waals surface area (Å²) in [5.74, 6) is -1.21. The van der Waals surface area contributed by atoms with Gasteiger partial charge in [-0.1, -0.05) is 0 Å². The van der Waals surface area contributed by atoms with E-state index >= 15 is 0 Å². The minimum Gasteiger partial charge on any atom is -0.548 e. The number of aryl methyl sites for hydroxylation is 2. The number of amides is 1. The molecule has 0 aliphatic carbocycles. The number of hydrogen-bond acceptors (Lipinski definition) is 6. The van der Waals surface area contributed by atoms with E-state index in [1.54, 1.807) is 33.1 Å². The van der Waals surface area contributed by atoms with Gasteiger partial charge >= 0.3 is 5.63 Å². The molecule has 0 saturated carbocycles. The summed E-state index contributed by atoms with van der Waals surface area (Å²) in [5, 5.41) is 13.7. The molecule has 0 saturated heterocycles. The molecule has 25 heavy (non-hydrogen) atoms. The Morgan fingerprint density at radius 1 is 1.28 bits per heavy atom. The van der Waals surface area contributed by atoms with E-state index in [4.69, 9.17) is 9.15 Å². The molecule has 134 valence electrons. The third-order valence-electron chi connectivity index (χ3n) is 4.21. The third-order valence-corrected chi connectivity index (χ3v) is 4.21. The van der Waals surface area contributed by atoms with Gasteiger partial charge in [0.05, 0.1) is 19.1 Å². The van der Waals surface area contributed by atoms with Crippen molar-refractivity contribution in [3.8, 4) is 5.75 Å². The summed E-state index contributed by atoms with van der Waals surface area (Å²) in [7, 11) is 1.54. The van der Waals surface area contributed by atoms with Gasteiger partial charge in [0, 0.05) is 22.9 Å². The normalized spacial score (nSPS) is 12.0. The number of carbonyl (C=O) groups excluding carboxylic acids is 2. The molecule has 1 aromatic carbocycles. The maximum atomic E-state index is 12.3. The van der Waals surface area contributed by atoms with Crippen LogP contribution in [0.4, 0.5) is 0 Å². The van der Waals surface area contributed by atoms with E-state index in [2.05, 4.69) is 5.32 Å². The van der Waals surface area contributed by atoms with Crippen molar-refractivity contribution in [2.45, 2.75) is 39.7 Å². The molecule has 0 bridgehead atoms. The van der Waals surface area contributed by atoms with E-state index in [1.807, 2.05) is 0 Å². The summed E-state index contributed by atoms with van der Waals surface area (Å²) in [5.41, 5.74) is 1.81. The van der Waals surface area contributed by atoms with Crippen LogP contribution in [0.5, 0.6) is 5.75 Å². The van der Waals surface area contributed by atoms with Gasteiger partial charge < -0.3 is 24.4 Å². The summed E-state index contributed by atoms with van der Waals surface area (Å²) in [6.45, 7) is 4.92. The predicted octanol–water partition coefficient (Wildman–Crippen LogP) is 0.606. The minimum atomic E-state index is -1.36. The van der Waals surface area contributed by atoms with E-state index in [0.717, 1.165) is 16.5 Å². The van der Waals surface area contributed by atoms with Gasteiger partial charge in [0.15, 0.2) is 0 Å². The van der Waals surface area contributed by atoms with Crippen molar-refractivity contribution in [3.63, 3.8) is 0 Å². The van der Waals surface area contributed by atoms with Crippen molar-refractivity contribution < 1.29 is 23.8 Å². The van der Waals surface area contributed by atoms with E-state index < -0.39 is 23.5 Å². The highest BCUT2D eigenvalue weighted by atomic mass is 16.5. The maximum Gasteiger partial charge on any atom is 0.339 e. The van der Waals surface area contributed by atoms with Gasteiger partial charge in [-0.3, -0.25) is 4.79 Å². The first-order chi connectivity index (χ1) is 11.8. The molecule has 1 atom stereocenters. The number of fused-ring (bicyclic) bond motifs is 1. The van der Waals surface area contributed by atoms with Gasteiger partial charge in [-0.2, -0.15) is 0 Å².